The van der Waals surface area contributed by atoms with Crippen molar-refractivity contribution in [1.82, 2.24) is 5.48 Å². The molecule has 0 bridgehead atoms. The van der Waals surface area contributed by atoms with E-state index in [1.165, 1.54) is 6.26 Å². The molecule has 0 radical (unpaired) electrons. The Morgan fingerprint density at radius 2 is 2.21 bits per heavy atom. The van der Waals surface area contributed by atoms with Gasteiger partial charge in [-0.05, 0) is 18.6 Å². The number of ether oxygens (including phenoxy) is 1. The first-order chi connectivity index (χ1) is 9.15. The van der Waals surface area contributed by atoms with E-state index in [-0.39, 0.29) is 6.42 Å². The minimum Gasteiger partial charge on any atom is -0.496 e. The molecule has 0 unspecified atom stereocenters. The van der Waals surface area contributed by atoms with Crippen LogP contribution in [0, 0.1) is 0 Å². The Balaban J connectivity index is 2.42. The van der Waals surface area contributed by atoms with E-state index in [4.69, 9.17) is 20.4 Å². The highest BCUT2D eigenvalue weighted by atomic mass is 16.6. The summed E-state index contributed by atoms with van der Waals surface area (Å²) in [6.45, 7) is 0.433. The summed E-state index contributed by atoms with van der Waals surface area (Å²) in [5.74, 6) is -0.170. The van der Waals surface area contributed by atoms with E-state index < -0.39 is 5.97 Å². The van der Waals surface area contributed by atoms with E-state index in [0.717, 1.165) is 5.56 Å². The van der Waals surface area contributed by atoms with Crippen LogP contribution in [-0.2, 0) is 9.63 Å². The number of methoxy groups -OCH3 is 1. The quantitative estimate of drug-likeness (QED) is 0.373. The number of benzene rings is 1. The predicted molar refractivity (Wildman–Crippen MR) is 71.1 cm³/mol. The minimum atomic E-state index is -0.828. The van der Waals surface area contributed by atoms with Crippen molar-refractivity contribution in [3.8, 4) is 5.75 Å². The molecular weight excluding hydrogens is 248 g/mol. The van der Waals surface area contributed by atoms with Crippen molar-refractivity contribution in [2.24, 2.45) is 5.73 Å². The zero-order chi connectivity index (χ0) is 14.1. The summed E-state index contributed by atoms with van der Waals surface area (Å²) in [7, 11) is 1.57. The number of hydrogen-bond donors (Lipinski definition) is 3. The van der Waals surface area contributed by atoms with E-state index >= 15 is 0 Å². The molecular formula is C13H18N2O4. The highest BCUT2D eigenvalue weighted by molar-refractivity contribution is 5.67. The van der Waals surface area contributed by atoms with Gasteiger partial charge in [0.2, 0.25) is 0 Å². The number of aliphatic carboxylic acids is 1. The Morgan fingerprint density at radius 3 is 2.89 bits per heavy atom. The van der Waals surface area contributed by atoms with Crippen molar-refractivity contribution < 1.29 is 19.5 Å². The standard InChI is InChI=1S/C13H18N2O4/c1-18-12-6-3-2-5-10(12)11(14)9-19-15-8-4-7-13(16)17/h2-3,5-6,9,15H,4,7-8,14H2,1H3,(H,16,17)/b11-9-. The van der Waals surface area contributed by atoms with Crippen molar-refractivity contribution in [2.45, 2.75) is 12.8 Å². The summed E-state index contributed by atoms with van der Waals surface area (Å²) in [5.41, 5.74) is 9.63. The number of carboxylic acid groups (broad SMARTS) is 1. The van der Waals surface area contributed by atoms with Gasteiger partial charge < -0.3 is 20.4 Å². The second-order valence-electron chi connectivity index (χ2n) is 3.78. The monoisotopic (exact) mass is 266 g/mol. The average Bonchev–Trinajstić information content (AvgIpc) is 2.42. The number of rotatable bonds is 8. The first-order valence-corrected chi connectivity index (χ1v) is 5.84. The molecule has 0 spiro atoms. The Kier molecular flexibility index (Phi) is 6.25. The van der Waals surface area contributed by atoms with E-state index in [9.17, 15) is 4.79 Å². The van der Waals surface area contributed by atoms with Crippen LogP contribution in [0.5, 0.6) is 5.75 Å². The molecule has 0 saturated heterocycles. The van der Waals surface area contributed by atoms with Crippen LogP contribution < -0.4 is 16.0 Å². The Labute approximate surface area is 111 Å². The lowest BCUT2D eigenvalue weighted by molar-refractivity contribution is -0.137. The molecule has 0 aliphatic rings. The molecule has 1 aromatic rings. The van der Waals surface area contributed by atoms with Gasteiger partial charge in [-0.2, -0.15) is 5.48 Å². The van der Waals surface area contributed by atoms with E-state index in [1.54, 1.807) is 13.2 Å². The molecule has 0 atom stereocenters. The SMILES string of the molecule is COc1ccccc1/C(N)=C/ONCCCC(=O)O. The van der Waals surface area contributed by atoms with Crippen molar-refractivity contribution in [2.75, 3.05) is 13.7 Å². The van der Waals surface area contributed by atoms with Gasteiger partial charge in [0.25, 0.3) is 0 Å². The van der Waals surface area contributed by atoms with Gasteiger partial charge in [0.05, 0.1) is 12.8 Å². The smallest absolute Gasteiger partial charge is 0.303 e. The fourth-order valence-corrected chi connectivity index (χ4v) is 1.42. The first-order valence-electron chi connectivity index (χ1n) is 5.84. The van der Waals surface area contributed by atoms with Crippen molar-refractivity contribution in [3.63, 3.8) is 0 Å². The molecule has 1 aromatic carbocycles. The van der Waals surface area contributed by atoms with Crippen LogP contribution in [0.2, 0.25) is 0 Å². The van der Waals surface area contributed by atoms with Gasteiger partial charge in [0, 0.05) is 18.5 Å². The second-order valence-corrected chi connectivity index (χ2v) is 3.78. The van der Waals surface area contributed by atoms with Gasteiger partial charge in [0.15, 0.2) is 0 Å². The summed E-state index contributed by atoms with van der Waals surface area (Å²) in [6.07, 6.45) is 1.94. The number of para-hydroxylation sites is 1. The van der Waals surface area contributed by atoms with E-state index in [0.29, 0.717) is 24.4 Å². The minimum absolute atomic E-state index is 0.0993. The summed E-state index contributed by atoms with van der Waals surface area (Å²) in [5, 5.41) is 8.45. The van der Waals surface area contributed by atoms with Crippen LogP contribution in [0.25, 0.3) is 5.70 Å². The number of hydrogen-bond acceptors (Lipinski definition) is 5. The van der Waals surface area contributed by atoms with Crippen LogP contribution in [-0.4, -0.2) is 24.7 Å². The number of nitrogens with one attached hydrogen (secondary N) is 1. The van der Waals surface area contributed by atoms with Crippen LogP contribution in [0.15, 0.2) is 30.5 Å². The fourth-order valence-electron chi connectivity index (χ4n) is 1.42. The lowest BCUT2D eigenvalue weighted by Gasteiger charge is -2.08. The highest BCUT2D eigenvalue weighted by Gasteiger charge is 2.04. The molecule has 6 nitrogen and oxygen atoms in total. The molecule has 104 valence electrons. The van der Waals surface area contributed by atoms with E-state index in [2.05, 4.69) is 5.48 Å². The van der Waals surface area contributed by atoms with Crippen molar-refractivity contribution in [1.29, 1.82) is 0 Å². The average molecular weight is 266 g/mol. The molecule has 19 heavy (non-hydrogen) atoms. The summed E-state index contributed by atoms with van der Waals surface area (Å²) >= 11 is 0. The molecule has 0 aliphatic carbocycles. The summed E-state index contributed by atoms with van der Waals surface area (Å²) in [4.78, 5) is 15.3. The summed E-state index contributed by atoms with van der Waals surface area (Å²) < 4.78 is 5.18. The third kappa shape index (κ3) is 5.31. The van der Waals surface area contributed by atoms with Gasteiger partial charge in [-0.3, -0.25) is 4.79 Å². The fraction of sp³-hybridized carbons (Fsp3) is 0.308. The zero-order valence-corrected chi connectivity index (χ0v) is 10.8. The normalized spacial score (nSPS) is 11.1. The molecule has 0 amide bonds. The molecule has 0 aliphatic heterocycles. The Hall–Kier alpha value is -2.21. The van der Waals surface area contributed by atoms with Gasteiger partial charge >= 0.3 is 5.97 Å². The first kappa shape index (κ1) is 14.8. The van der Waals surface area contributed by atoms with Gasteiger partial charge in [-0.25, -0.2) is 0 Å². The Bertz CT molecular complexity index is 446. The highest BCUT2D eigenvalue weighted by Crippen LogP contribution is 2.22. The maximum Gasteiger partial charge on any atom is 0.303 e. The molecule has 0 fully saturated rings. The second kappa shape index (κ2) is 7.99. The number of carboxylic acids is 1. The number of hydroxylamine groups is 1. The van der Waals surface area contributed by atoms with Gasteiger partial charge in [-0.15, -0.1) is 0 Å². The number of carbonyl (C=O) groups is 1. The van der Waals surface area contributed by atoms with Crippen LogP contribution in [0.4, 0.5) is 0 Å². The zero-order valence-electron chi connectivity index (χ0n) is 10.8. The lowest BCUT2D eigenvalue weighted by Crippen LogP contribution is -2.15. The third-order valence-electron chi connectivity index (χ3n) is 2.36. The topological polar surface area (TPSA) is 93.8 Å². The van der Waals surface area contributed by atoms with Crippen molar-refractivity contribution >= 4 is 11.7 Å². The molecule has 1 rings (SSSR count). The molecule has 0 aromatic heterocycles. The molecule has 0 saturated carbocycles. The third-order valence-corrected chi connectivity index (χ3v) is 2.36. The number of nitrogens with two attached hydrogens (primary N) is 1. The van der Waals surface area contributed by atoms with Gasteiger partial charge in [-0.1, -0.05) is 12.1 Å². The van der Waals surface area contributed by atoms with Gasteiger partial charge in [0.1, 0.15) is 12.0 Å². The summed E-state index contributed by atoms with van der Waals surface area (Å²) in [6, 6.07) is 7.31. The van der Waals surface area contributed by atoms with E-state index in [1.807, 2.05) is 18.2 Å². The van der Waals surface area contributed by atoms with Crippen molar-refractivity contribution in [3.05, 3.63) is 36.1 Å². The van der Waals surface area contributed by atoms with Crippen LogP contribution in [0.3, 0.4) is 0 Å². The van der Waals surface area contributed by atoms with Crippen LogP contribution in [0.1, 0.15) is 18.4 Å². The molecule has 4 N–H and O–H groups in total. The molecule has 0 heterocycles. The maximum absolute atomic E-state index is 10.3. The maximum atomic E-state index is 10.3. The van der Waals surface area contributed by atoms with Crippen LogP contribution >= 0.6 is 0 Å². The Morgan fingerprint density at radius 1 is 1.47 bits per heavy atom. The lowest BCUT2D eigenvalue weighted by atomic mass is 10.1. The largest absolute Gasteiger partial charge is 0.496 e. The predicted octanol–water partition coefficient (Wildman–Crippen LogP) is 1.34. The molecule has 6 heteroatoms.